The van der Waals surface area contributed by atoms with Crippen LogP contribution in [0.25, 0.3) is 22.2 Å². The summed E-state index contributed by atoms with van der Waals surface area (Å²) >= 11 is 0. The summed E-state index contributed by atoms with van der Waals surface area (Å²) in [5, 5.41) is 2.08. The lowest BCUT2D eigenvalue weighted by atomic mass is 10.1. The molecule has 1 aromatic heterocycles. The largest absolute Gasteiger partial charge is 0.496 e. The fourth-order valence-electron chi connectivity index (χ4n) is 4.51. The van der Waals surface area contributed by atoms with Crippen LogP contribution in [0.2, 0.25) is 0 Å². The molecular weight excluding hydrogens is 450 g/mol. The molecule has 1 aliphatic heterocycles. The Labute approximate surface area is 198 Å². The lowest BCUT2D eigenvalue weighted by molar-refractivity contribution is 0.0711. The number of benzene rings is 3. The summed E-state index contributed by atoms with van der Waals surface area (Å²) in [5.74, 6) is 1.05. The Morgan fingerprint density at radius 2 is 1.74 bits per heavy atom. The summed E-state index contributed by atoms with van der Waals surface area (Å²) in [7, 11) is -1.72. The van der Waals surface area contributed by atoms with Gasteiger partial charge in [0.1, 0.15) is 11.6 Å². The highest BCUT2D eigenvalue weighted by Gasteiger charge is 2.29. The van der Waals surface area contributed by atoms with Crippen molar-refractivity contribution in [2.75, 3.05) is 19.9 Å². The lowest BCUT2D eigenvalue weighted by Crippen LogP contribution is -2.38. The van der Waals surface area contributed by atoms with Gasteiger partial charge in [0.2, 0.25) is 0 Å². The number of para-hydroxylation sites is 1. The van der Waals surface area contributed by atoms with Crippen molar-refractivity contribution < 1.29 is 17.9 Å². The van der Waals surface area contributed by atoms with E-state index in [1.54, 1.807) is 12.0 Å². The van der Waals surface area contributed by atoms with Crippen molar-refractivity contribution in [1.29, 1.82) is 0 Å². The molecule has 0 bridgehead atoms. The number of carbonyl (C=O) groups is 1. The lowest BCUT2D eigenvalue weighted by Gasteiger charge is -2.30. The van der Waals surface area contributed by atoms with Crippen LogP contribution in [-0.2, 0) is 28.7 Å². The highest BCUT2D eigenvalue weighted by atomic mass is 32.2. The quantitative estimate of drug-likeness (QED) is 0.437. The second-order valence-electron chi connectivity index (χ2n) is 8.54. The second kappa shape index (κ2) is 8.61. The minimum absolute atomic E-state index is 0.0812. The van der Waals surface area contributed by atoms with Gasteiger partial charge in [0.15, 0.2) is 9.84 Å². The Kier molecular flexibility index (Phi) is 5.61. The molecule has 0 fully saturated rings. The minimum atomic E-state index is -3.32. The van der Waals surface area contributed by atoms with Gasteiger partial charge in [-0.2, -0.15) is 0 Å². The van der Waals surface area contributed by atoms with Gasteiger partial charge in [0, 0.05) is 24.9 Å². The van der Waals surface area contributed by atoms with Crippen molar-refractivity contribution in [3.63, 3.8) is 0 Å². The molecule has 0 N–H and O–H groups in total. The standard InChI is InChI=1S/C26H25N3O4S/c1-33-24-10-6-5-9-21(24)25-27-22(17-34(2,31)32)23-16-28(13-14-29(23)25)26(30)20-12-11-18-7-3-4-8-19(18)15-20/h3-12,15H,13-14,16-17H2,1-2H3. The van der Waals surface area contributed by atoms with E-state index in [9.17, 15) is 13.2 Å². The van der Waals surface area contributed by atoms with Crippen LogP contribution in [0, 0.1) is 0 Å². The Balaban J connectivity index is 1.53. The zero-order valence-electron chi connectivity index (χ0n) is 19.1. The molecule has 34 heavy (non-hydrogen) atoms. The first kappa shape index (κ1) is 22.2. The van der Waals surface area contributed by atoms with Crippen LogP contribution in [0.4, 0.5) is 0 Å². The van der Waals surface area contributed by atoms with E-state index in [2.05, 4.69) is 0 Å². The van der Waals surface area contributed by atoms with Crippen LogP contribution in [0.1, 0.15) is 21.7 Å². The minimum Gasteiger partial charge on any atom is -0.496 e. The Morgan fingerprint density at radius 3 is 2.50 bits per heavy atom. The van der Waals surface area contributed by atoms with Crippen molar-refractivity contribution in [2.45, 2.75) is 18.8 Å². The topological polar surface area (TPSA) is 81.5 Å². The Bertz CT molecular complexity index is 1510. The molecule has 4 aromatic rings. The molecule has 174 valence electrons. The number of carbonyl (C=O) groups excluding carboxylic acids is 1. The molecule has 0 aliphatic carbocycles. The van der Waals surface area contributed by atoms with E-state index >= 15 is 0 Å². The molecule has 0 radical (unpaired) electrons. The van der Waals surface area contributed by atoms with E-state index in [-0.39, 0.29) is 11.7 Å². The maximum absolute atomic E-state index is 13.4. The monoisotopic (exact) mass is 475 g/mol. The van der Waals surface area contributed by atoms with Crippen molar-refractivity contribution in [3.8, 4) is 17.1 Å². The smallest absolute Gasteiger partial charge is 0.254 e. The number of ether oxygens (including phenoxy) is 1. The van der Waals surface area contributed by atoms with Crippen molar-refractivity contribution in [2.24, 2.45) is 0 Å². The molecule has 3 aromatic carbocycles. The van der Waals surface area contributed by atoms with E-state index in [1.165, 1.54) is 6.26 Å². The van der Waals surface area contributed by atoms with E-state index in [1.807, 2.05) is 71.3 Å². The average Bonchev–Trinajstić information content (AvgIpc) is 3.19. The average molecular weight is 476 g/mol. The second-order valence-corrected chi connectivity index (χ2v) is 10.7. The van der Waals surface area contributed by atoms with Gasteiger partial charge in [-0.15, -0.1) is 0 Å². The van der Waals surface area contributed by atoms with E-state index in [4.69, 9.17) is 9.72 Å². The van der Waals surface area contributed by atoms with Crippen molar-refractivity contribution in [1.82, 2.24) is 14.5 Å². The fourth-order valence-corrected chi connectivity index (χ4v) is 5.24. The summed E-state index contributed by atoms with van der Waals surface area (Å²) in [6, 6.07) is 21.2. The van der Waals surface area contributed by atoms with Gasteiger partial charge in [-0.25, -0.2) is 13.4 Å². The fraction of sp³-hybridized carbons (Fsp3) is 0.231. The van der Waals surface area contributed by atoms with Crippen molar-refractivity contribution >= 4 is 26.5 Å². The Hall–Kier alpha value is -3.65. The summed E-state index contributed by atoms with van der Waals surface area (Å²) < 4.78 is 31.9. The van der Waals surface area contributed by atoms with Crippen LogP contribution in [0.5, 0.6) is 5.75 Å². The first-order valence-corrected chi connectivity index (χ1v) is 13.1. The maximum atomic E-state index is 13.4. The number of amides is 1. The molecule has 7 nitrogen and oxygen atoms in total. The van der Waals surface area contributed by atoms with Gasteiger partial charge in [0.05, 0.1) is 36.4 Å². The van der Waals surface area contributed by atoms with E-state index in [0.717, 1.165) is 22.0 Å². The number of fused-ring (bicyclic) bond motifs is 2. The molecule has 0 atom stereocenters. The summed E-state index contributed by atoms with van der Waals surface area (Å²) in [4.78, 5) is 19.9. The zero-order valence-corrected chi connectivity index (χ0v) is 19.9. The summed E-state index contributed by atoms with van der Waals surface area (Å²) in [6.07, 6.45) is 1.20. The van der Waals surface area contributed by atoms with E-state index < -0.39 is 9.84 Å². The van der Waals surface area contributed by atoms with E-state index in [0.29, 0.717) is 42.5 Å². The van der Waals surface area contributed by atoms with Crippen molar-refractivity contribution in [3.05, 3.63) is 83.7 Å². The molecule has 0 saturated heterocycles. The molecular formula is C26H25N3O4S. The number of imidazole rings is 1. The first-order valence-electron chi connectivity index (χ1n) is 11.0. The number of sulfone groups is 1. The van der Waals surface area contributed by atoms with Gasteiger partial charge in [0.25, 0.3) is 5.91 Å². The zero-order chi connectivity index (χ0) is 23.9. The molecule has 0 saturated carbocycles. The predicted octanol–water partition coefficient (Wildman–Crippen LogP) is 3.91. The molecule has 8 heteroatoms. The number of nitrogens with zero attached hydrogens (tertiary/aromatic N) is 3. The van der Waals surface area contributed by atoms with Gasteiger partial charge in [-0.1, -0.05) is 42.5 Å². The summed E-state index contributed by atoms with van der Waals surface area (Å²) in [6.45, 7) is 1.30. The highest BCUT2D eigenvalue weighted by molar-refractivity contribution is 7.89. The normalized spacial score (nSPS) is 13.6. The summed E-state index contributed by atoms with van der Waals surface area (Å²) in [5.41, 5.74) is 2.62. The molecule has 0 unspecified atom stereocenters. The van der Waals surface area contributed by atoms with Crippen LogP contribution < -0.4 is 4.74 Å². The molecule has 0 spiro atoms. The number of rotatable bonds is 5. The number of aromatic nitrogens is 2. The van der Waals surface area contributed by atoms with Gasteiger partial charge in [-0.05, 0) is 35.0 Å². The van der Waals surface area contributed by atoms with Gasteiger partial charge >= 0.3 is 0 Å². The van der Waals surface area contributed by atoms with Gasteiger partial charge in [-0.3, -0.25) is 4.79 Å². The van der Waals surface area contributed by atoms with Crippen LogP contribution in [-0.4, -0.2) is 48.7 Å². The number of hydrogen-bond acceptors (Lipinski definition) is 5. The maximum Gasteiger partial charge on any atom is 0.254 e. The SMILES string of the molecule is COc1ccccc1-c1nc(CS(C)(=O)=O)c2n1CCN(C(=O)c1ccc3ccccc3c1)C2. The molecule has 5 rings (SSSR count). The molecule has 1 amide bonds. The third-order valence-corrected chi connectivity index (χ3v) is 6.92. The highest BCUT2D eigenvalue weighted by Crippen LogP contribution is 2.33. The van der Waals surface area contributed by atoms with Crippen LogP contribution >= 0.6 is 0 Å². The van der Waals surface area contributed by atoms with Crippen LogP contribution in [0.15, 0.2) is 66.7 Å². The third kappa shape index (κ3) is 4.17. The number of methoxy groups -OCH3 is 1. The molecule has 2 heterocycles. The number of hydrogen-bond donors (Lipinski definition) is 0. The van der Waals surface area contributed by atoms with Crippen LogP contribution in [0.3, 0.4) is 0 Å². The first-order chi connectivity index (χ1) is 16.3. The predicted molar refractivity (Wildman–Crippen MR) is 131 cm³/mol. The third-order valence-electron chi connectivity index (χ3n) is 6.12. The Morgan fingerprint density at radius 1 is 1.00 bits per heavy atom. The van der Waals surface area contributed by atoms with Gasteiger partial charge < -0.3 is 14.2 Å². The molecule has 1 aliphatic rings.